The van der Waals surface area contributed by atoms with Gasteiger partial charge in [-0.15, -0.1) is 0 Å². The Morgan fingerprint density at radius 3 is 2.76 bits per heavy atom. The van der Waals surface area contributed by atoms with E-state index in [4.69, 9.17) is 0 Å². The van der Waals surface area contributed by atoms with Crippen molar-refractivity contribution in [2.45, 2.75) is 12.5 Å². The Hall–Kier alpha value is -1.93. The molecule has 2 N–H and O–H groups in total. The number of carbonyl (C=O) groups excluding carboxylic acids is 1. The molecule has 0 aliphatic carbocycles. The molecule has 0 radical (unpaired) electrons. The van der Waals surface area contributed by atoms with Crippen LogP contribution in [0.15, 0.2) is 12.3 Å². The van der Waals surface area contributed by atoms with Gasteiger partial charge in [-0.3, -0.25) is 19.8 Å². The van der Waals surface area contributed by atoms with E-state index >= 15 is 0 Å². The van der Waals surface area contributed by atoms with Gasteiger partial charge < -0.3 is 15.2 Å². The second-order valence-corrected chi connectivity index (χ2v) is 5.51. The first-order valence-corrected chi connectivity index (χ1v) is 7.22. The van der Waals surface area contributed by atoms with Crippen molar-refractivity contribution in [1.29, 1.82) is 0 Å². The molecule has 2 aliphatic heterocycles. The predicted molar refractivity (Wildman–Crippen MR) is 76.2 cm³/mol. The van der Waals surface area contributed by atoms with Gasteiger partial charge in [0.05, 0.1) is 11.1 Å². The molecule has 1 amide bonds. The lowest BCUT2D eigenvalue weighted by atomic mass is 10.2. The van der Waals surface area contributed by atoms with Gasteiger partial charge in [-0.25, -0.2) is 0 Å². The molecule has 8 heteroatoms. The van der Waals surface area contributed by atoms with Gasteiger partial charge in [0.15, 0.2) is 0 Å². The molecule has 2 fully saturated rings. The molecule has 0 spiro atoms. The number of aromatic amines is 1. The molecular weight excluding hydrogens is 274 g/mol. The first-order valence-electron chi connectivity index (χ1n) is 7.22. The average Bonchev–Trinajstić information content (AvgIpc) is 3.17. The number of piperazine rings is 1. The first kappa shape index (κ1) is 14.0. The van der Waals surface area contributed by atoms with E-state index in [1.807, 2.05) is 0 Å². The van der Waals surface area contributed by atoms with E-state index in [9.17, 15) is 14.9 Å². The Balaban J connectivity index is 1.62. The number of rotatable bonds is 3. The van der Waals surface area contributed by atoms with Crippen LogP contribution in [0.2, 0.25) is 0 Å². The van der Waals surface area contributed by atoms with E-state index in [0.717, 1.165) is 32.6 Å². The number of amides is 1. The fourth-order valence-electron chi connectivity index (χ4n) is 3.05. The normalized spacial score (nSPS) is 23.4. The average molecular weight is 293 g/mol. The summed E-state index contributed by atoms with van der Waals surface area (Å²) in [4.78, 5) is 29.4. The van der Waals surface area contributed by atoms with Crippen molar-refractivity contribution in [1.82, 2.24) is 20.1 Å². The topological polar surface area (TPSA) is 94.5 Å². The summed E-state index contributed by atoms with van der Waals surface area (Å²) < 4.78 is 0. The summed E-state index contributed by atoms with van der Waals surface area (Å²) in [5.41, 5.74) is 0.221. The third-order valence-electron chi connectivity index (χ3n) is 4.23. The molecule has 3 heterocycles. The van der Waals surface area contributed by atoms with Crippen LogP contribution in [0.3, 0.4) is 0 Å². The molecule has 0 saturated carbocycles. The number of nitrogens with one attached hydrogen (secondary N) is 2. The van der Waals surface area contributed by atoms with Crippen LogP contribution < -0.4 is 5.32 Å². The highest BCUT2D eigenvalue weighted by molar-refractivity contribution is 5.93. The summed E-state index contributed by atoms with van der Waals surface area (Å²) in [6.45, 7) is 5.42. The van der Waals surface area contributed by atoms with Gasteiger partial charge >= 0.3 is 0 Å². The molecule has 114 valence electrons. The van der Waals surface area contributed by atoms with Gasteiger partial charge in [0, 0.05) is 51.4 Å². The van der Waals surface area contributed by atoms with Crippen molar-refractivity contribution in [3.8, 4) is 0 Å². The minimum Gasteiger partial charge on any atom is -0.351 e. The maximum absolute atomic E-state index is 12.4. The van der Waals surface area contributed by atoms with Gasteiger partial charge in [-0.2, -0.15) is 0 Å². The Bertz CT molecular complexity index is 538. The fourth-order valence-corrected chi connectivity index (χ4v) is 3.05. The molecule has 21 heavy (non-hydrogen) atoms. The van der Waals surface area contributed by atoms with Gasteiger partial charge in [0.1, 0.15) is 5.69 Å². The molecule has 1 unspecified atom stereocenters. The Morgan fingerprint density at radius 2 is 2.10 bits per heavy atom. The number of nitro groups is 1. The predicted octanol–water partition coefficient (Wildman–Crippen LogP) is 0.0426. The maximum Gasteiger partial charge on any atom is 0.287 e. The second-order valence-electron chi connectivity index (χ2n) is 5.51. The van der Waals surface area contributed by atoms with Crippen LogP contribution in [-0.4, -0.2) is 70.9 Å². The number of likely N-dealkylation sites (tertiary alicyclic amines) is 1. The summed E-state index contributed by atoms with van der Waals surface area (Å²) in [5, 5.41) is 14.0. The van der Waals surface area contributed by atoms with Gasteiger partial charge in [-0.1, -0.05) is 0 Å². The van der Waals surface area contributed by atoms with Crippen molar-refractivity contribution in [2.75, 3.05) is 39.3 Å². The zero-order valence-corrected chi connectivity index (χ0v) is 11.7. The molecule has 0 bridgehead atoms. The van der Waals surface area contributed by atoms with Crippen LogP contribution in [0.25, 0.3) is 0 Å². The SMILES string of the molecule is O=C(c1cc([N+](=O)[O-])c[nH]1)N1CCC(N2CCNCC2)C1. The molecule has 3 rings (SSSR count). The van der Waals surface area contributed by atoms with Crippen LogP contribution in [-0.2, 0) is 0 Å². The highest BCUT2D eigenvalue weighted by Gasteiger charge is 2.32. The third-order valence-corrected chi connectivity index (χ3v) is 4.23. The van der Waals surface area contributed by atoms with Crippen molar-refractivity contribution < 1.29 is 9.72 Å². The fraction of sp³-hybridized carbons (Fsp3) is 0.615. The van der Waals surface area contributed by atoms with Crippen molar-refractivity contribution in [3.05, 3.63) is 28.1 Å². The van der Waals surface area contributed by atoms with E-state index in [-0.39, 0.29) is 11.6 Å². The molecule has 1 atom stereocenters. The zero-order valence-electron chi connectivity index (χ0n) is 11.7. The zero-order chi connectivity index (χ0) is 14.8. The summed E-state index contributed by atoms with van der Waals surface area (Å²) >= 11 is 0. The Labute approximate surface area is 122 Å². The molecule has 1 aromatic rings. The number of nitrogens with zero attached hydrogens (tertiary/aromatic N) is 3. The van der Waals surface area contributed by atoms with Crippen LogP contribution in [0.1, 0.15) is 16.9 Å². The Morgan fingerprint density at radius 1 is 1.33 bits per heavy atom. The van der Waals surface area contributed by atoms with Gasteiger partial charge in [-0.05, 0) is 6.42 Å². The monoisotopic (exact) mass is 293 g/mol. The smallest absolute Gasteiger partial charge is 0.287 e. The molecule has 1 aromatic heterocycles. The summed E-state index contributed by atoms with van der Waals surface area (Å²) in [6, 6.07) is 1.71. The maximum atomic E-state index is 12.4. The van der Waals surface area contributed by atoms with Crippen molar-refractivity contribution in [3.63, 3.8) is 0 Å². The summed E-state index contributed by atoms with van der Waals surface area (Å²) in [6.07, 6.45) is 2.23. The third kappa shape index (κ3) is 2.91. The number of hydrogen-bond donors (Lipinski definition) is 2. The van der Waals surface area contributed by atoms with E-state index in [1.165, 1.54) is 12.3 Å². The van der Waals surface area contributed by atoms with Crippen molar-refractivity contribution >= 4 is 11.6 Å². The van der Waals surface area contributed by atoms with Crippen LogP contribution in [0.5, 0.6) is 0 Å². The van der Waals surface area contributed by atoms with E-state index in [1.54, 1.807) is 4.90 Å². The lowest BCUT2D eigenvalue weighted by molar-refractivity contribution is -0.384. The van der Waals surface area contributed by atoms with Gasteiger partial charge in [0.2, 0.25) is 0 Å². The van der Waals surface area contributed by atoms with E-state index < -0.39 is 4.92 Å². The number of H-pyrrole nitrogens is 1. The lowest BCUT2D eigenvalue weighted by Gasteiger charge is -2.32. The minimum absolute atomic E-state index is 0.0730. The minimum atomic E-state index is -0.499. The van der Waals surface area contributed by atoms with E-state index in [2.05, 4.69) is 15.2 Å². The number of aromatic nitrogens is 1. The highest BCUT2D eigenvalue weighted by Crippen LogP contribution is 2.20. The lowest BCUT2D eigenvalue weighted by Crippen LogP contribution is -2.49. The highest BCUT2D eigenvalue weighted by atomic mass is 16.6. The summed E-state index contributed by atoms with van der Waals surface area (Å²) in [5.74, 6) is -0.152. The van der Waals surface area contributed by atoms with Crippen LogP contribution in [0.4, 0.5) is 5.69 Å². The van der Waals surface area contributed by atoms with E-state index in [0.29, 0.717) is 24.8 Å². The largest absolute Gasteiger partial charge is 0.351 e. The summed E-state index contributed by atoms with van der Waals surface area (Å²) in [7, 11) is 0. The number of hydrogen-bond acceptors (Lipinski definition) is 5. The molecule has 8 nitrogen and oxygen atoms in total. The van der Waals surface area contributed by atoms with Gasteiger partial charge in [0.25, 0.3) is 11.6 Å². The number of carbonyl (C=O) groups is 1. The first-order chi connectivity index (χ1) is 10.1. The standard InChI is InChI=1S/C13H19N5O3/c19-13(12-7-11(8-15-12)18(20)21)17-4-1-10(9-17)16-5-2-14-3-6-16/h7-8,10,14-15H,1-6,9H2. The molecule has 0 aromatic carbocycles. The quantitative estimate of drug-likeness (QED) is 0.606. The Kier molecular flexibility index (Phi) is 3.89. The second kappa shape index (κ2) is 5.82. The molecule has 2 aliphatic rings. The van der Waals surface area contributed by atoms with Crippen LogP contribution in [0, 0.1) is 10.1 Å². The molecule has 2 saturated heterocycles. The van der Waals surface area contributed by atoms with Crippen molar-refractivity contribution in [2.24, 2.45) is 0 Å². The van der Waals surface area contributed by atoms with Crippen LogP contribution >= 0.6 is 0 Å². The molecular formula is C13H19N5O3.